The Morgan fingerprint density at radius 3 is 2.76 bits per heavy atom. The van der Waals surface area contributed by atoms with E-state index in [-0.39, 0.29) is 0 Å². The second kappa shape index (κ2) is 7.03. The van der Waals surface area contributed by atoms with Gasteiger partial charge >= 0.3 is 0 Å². The first-order chi connectivity index (χ1) is 8.38. The van der Waals surface area contributed by atoms with Crippen molar-refractivity contribution in [1.29, 1.82) is 0 Å². The summed E-state index contributed by atoms with van der Waals surface area (Å²) in [5.74, 6) is 4.68. The zero-order chi connectivity index (χ0) is 11.9. The third-order valence-electron chi connectivity index (χ3n) is 4.01. The van der Waals surface area contributed by atoms with Gasteiger partial charge in [-0.15, -0.1) is 6.42 Å². The summed E-state index contributed by atoms with van der Waals surface area (Å²) in [7, 11) is 0. The fraction of sp³-hybridized carbons (Fsp3) is 0.867. The molecular weight excluding hydrogens is 208 g/mol. The van der Waals surface area contributed by atoms with E-state index in [1.165, 1.54) is 64.7 Å². The molecule has 1 aliphatic carbocycles. The van der Waals surface area contributed by atoms with Gasteiger partial charge in [0.25, 0.3) is 0 Å². The number of piperidine rings is 1. The minimum absolute atomic E-state index is 0.847. The van der Waals surface area contributed by atoms with Crippen molar-refractivity contribution in [2.75, 3.05) is 32.7 Å². The van der Waals surface area contributed by atoms with Gasteiger partial charge in [0.1, 0.15) is 0 Å². The van der Waals surface area contributed by atoms with E-state index in [9.17, 15) is 0 Å². The molecule has 0 bridgehead atoms. The molecule has 0 aromatic rings. The molecule has 1 atom stereocenters. The molecule has 1 unspecified atom stereocenters. The molecular formula is C15H26N2. The SMILES string of the molecule is C#CCN(CCCC1CCCNC1)CC1CC1. The van der Waals surface area contributed by atoms with E-state index in [0.29, 0.717) is 0 Å². The summed E-state index contributed by atoms with van der Waals surface area (Å²) in [5.41, 5.74) is 0. The maximum atomic E-state index is 5.44. The van der Waals surface area contributed by atoms with Crippen LogP contribution in [0.4, 0.5) is 0 Å². The molecule has 0 spiro atoms. The molecule has 96 valence electrons. The van der Waals surface area contributed by atoms with Gasteiger partial charge in [-0.1, -0.05) is 5.92 Å². The van der Waals surface area contributed by atoms with Crippen molar-refractivity contribution >= 4 is 0 Å². The molecule has 1 saturated carbocycles. The quantitative estimate of drug-likeness (QED) is 0.679. The zero-order valence-electron chi connectivity index (χ0n) is 11.0. The van der Waals surface area contributed by atoms with Gasteiger partial charge in [0.2, 0.25) is 0 Å². The maximum Gasteiger partial charge on any atom is 0.0599 e. The molecule has 17 heavy (non-hydrogen) atoms. The van der Waals surface area contributed by atoms with Crippen molar-refractivity contribution in [3.8, 4) is 12.3 Å². The first kappa shape index (κ1) is 12.9. The highest BCUT2D eigenvalue weighted by Crippen LogP contribution is 2.29. The van der Waals surface area contributed by atoms with Crippen LogP contribution in [0, 0.1) is 24.2 Å². The van der Waals surface area contributed by atoms with Crippen LogP contribution in [0.2, 0.25) is 0 Å². The van der Waals surface area contributed by atoms with Crippen LogP contribution in [0.15, 0.2) is 0 Å². The van der Waals surface area contributed by atoms with E-state index >= 15 is 0 Å². The summed E-state index contributed by atoms with van der Waals surface area (Å²) in [6.45, 7) is 5.75. The fourth-order valence-corrected chi connectivity index (χ4v) is 2.80. The van der Waals surface area contributed by atoms with Crippen molar-refractivity contribution in [1.82, 2.24) is 10.2 Å². The molecule has 1 saturated heterocycles. The Morgan fingerprint density at radius 2 is 2.12 bits per heavy atom. The average molecular weight is 234 g/mol. The average Bonchev–Trinajstić information content (AvgIpc) is 3.15. The summed E-state index contributed by atoms with van der Waals surface area (Å²) in [6, 6.07) is 0. The van der Waals surface area contributed by atoms with E-state index in [1.54, 1.807) is 0 Å². The number of nitrogens with zero attached hydrogens (tertiary/aromatic N) is 1. The van der Waals surface area contributed by atoms with Gasteiger partial charge in [0.15, 0.2) is 0 Å². The molecule has 2 nitrogen and oxygen atoms in total. The highest BCUT2D eigenvalue weighted by atomic mass is 15.1. The van der Waals surface area contributed by atoms with Crippen LogP contribution in [-0.2, 0) is 0 Å². The molecule has 1 aliphatic heterocycles. The highest BCUT2D eigenvalue weighted by Gasteiger charge is 2.23. The summed E-state index contributed by atoms with van der Waals surface area (Å²) in [4.78, 5) is 2.48. The normalized spacial score (nSPS) is 24.8. The largest absolute Gasteiger partial charge is 0.316 e. The first-order valence-electron chi connectivity index (χ1n) is 7.25. The Morgan fingerprint density at radius 1 is 1.24 bits per heavy atom. The van der Waals surface area contributed by atoms with Crippen LogP contribution in [0.5, 0.6) is 0 Å². The van der Waals surface area contributed by atoms with Gasteiger partial charge in [-0.05, 0) is 70.0 Å². The van der Waals surface area contributed by atoms with Crippen LogP contribution >= 0.6 is 0 Å². The predicted molar refractivity (Wildman–Crippen MR) is 72.8 cm³/mol. The molecule has 1 N–H and O–H groups in total. The molecule has 0 aromatic carbocycles. The van der Waals surface area contributed by atoms with Crippen molar-refractivity contribution in [2.45, 2.75) is 38.5 Å². The van der Waals surface area contributed by atoms with Crippen LogP contribution in [0.3, 0.4) is 0 Å². The third-order valence-corrected chi connectivity index (χ3v) is 4.01. The van der Waals surface area contributed by atoms with Crippen LogP contribution in [0.25, 0.3) is 0 Å². The number of nitrogens with one attached hydrogen (secondary N) is 1. The molecule has 1 heterocycles. The second-order valence-electron chi connectivity index (χ2n) is 5.74. The molecule has 2 rings (SSSR count). The Balaban J connectivity index is 1.58. The van der Waals surface area contributed by atoms with Gasteiger partial charge in [0, 0.05) is 6.54 Å². The van der Waals surface area contributed by atoms with Crippen molar-refractivity contribution in [3.05, 3.63) is 0 Å². The van der Waals surface area contributed by atoms with Gasteiger partial charge in [-0.2, -0.15) is 0 Å². The Kier molecular flexibility index (Phi) is 5.35. The number of terminal acetylenes is 1. The van der Waals surface area contributed by atoms with Gasteiger partial charge in [-0.25, -0.2) is 0 Å². The smallest absolute Gasteiger partial charge is 0.0599 e. The number of hydrogen-bond acceptors (Lipinski definition) is 2. The Labute approximate surface area is 106 Å². The maximum absolute atomic E-state index is 5.44. The predicted octanol–water partition coefficient (Wildman–Crippen LogP) is 2.11. The molecule has 0 amide bonds. The van der Waals surface area contributed by atoms with E-state index in [0.717, 1.165) is 18.4 Å². The molecule has 2 fully saturated rings. The van der Waals surface area contributed by atoms with Crippen LogP contribution in [0.1, 0.15) is 38.5 Å². The van der Waals surface area contributed by atoms with Crippen molar-refractivity contribution in [2.24, 2.45) is 11.8 Å². The van der Waals surface area contributed by atoms with E-state index < -0.39 is 0 Å². The van der Waals surface area contributed by atoms with Crippen LogP contribution in [-0.4, -0.2) is 37.6 Å². The lowest BCUT2D eigenvalue weighted by atomic mass is 9.94. The van der Waals surface area contributed by atoms with Crippen LogP contribution < -0.4 is 5.32 Å². The third kappa shape index (κ3) is 5.10. The van der Waals surface area contributed by atoms with E-state index in [2.05, 4.69) is 16.1 Å². The summed E-state index contributed by atoms with van der Waals surface area (Å²) >= 11 is 0. The lowest BCUT2D eigenvalue weighted by Gasteiger charge is -2.24. The first-order valence-corrected chi connectivity index (χ1v) is 7.25. The molecule has 0 aromatic heterocycles. The lowest BCUT2D eigenvalue weighted by molar-refractivity contribution is 0.267. The standard InChI is InChI=1S/C15H26N2/c1-2-10-17(13-15-7-8-15)11-4-6-14-5-3-9-16-12-14/h1,14-16H,3-13H2. The number of rotatable bonds is 7. The van der Waals surface area contributed by atoms with Gasteiger partial charge in [0.05, 0.1) is 6.54 Å². The second-order valence-corrected chi connectivity index (χ2v) is 5.74. The molecule has 2 heteroatoms. The van der Waals surface area contributed by atoms with Gasteiger partial charge in [-0.3, -0.25) is 4.90 Å². The Bertz CT molecular complexity index is 246. The summed E-state index contributed by atoms with van der Waals surface area (Å²) in [5, 5.41) is 3.49. The fourth-order valence-electron chi connectivity index (χ4n) is 2.80. The number of hydrogen-bond donors (Lipinski definition) is 1. The molecule has 0 radical (unpaired) electrons. The zero-order valence-corrected chi connectivity index (χ0v) is 11.0. The minimum atomic E-state index is 0.847. The monoisotopic (exact) mass is 234 g/mol. The Hall–Kier alpha value is -0.520. The summed E-state index contributed by atoms with van der Waals surface area (Å²) < 4.78 is 0. The highest BCUT2D eigenvalue weighted by molar-refractivity contribution is 4.90. The molecule has 2 aliphatic rings. The minimum Gasteiger partial charge on any atom is -0.316 e. The van der Waals surface area contributed by atoms with Gasteiger partial charge < -0.3 is 5.32 Å². The summed E-state index contributed by atoms with van der Waals surface area (Å²) in [6.07, 6.45) is 13.8. The topological polar surface area (TPSA) is 15.3 Å². The van der Waals surface area contributed by atoms with Crippen molar-refractivity contribution < 1.29 is 0 Å². The van der Waals surface area contributed by atoms with Crippen molar-refractivity contribution in [3.63, 3.8) is 0 Å². The van der Waals surface area contributed by atoms with E-state index in [1.807, 2.05) is 0 Å². The lowest BCUT2D eigenvalue weighted by Crippen LogP contribution is -2.31. The van der Waals surface area contributed by atoms with E-state index in [4.69, 9.17) is 6.42 Å².